The predicted octanol–water partition coefficient (Wildman–Crippen LogP) is 3.21. The highest BCUT2D eigenvalue weighted by atomic mass is 32.1. The van der Waals surface area contributed by atoms with E-state index < -0.39 is 11.9 Å². The summed E-state index contributed by atoms with van der Waals surface area (Å²) in [5.41, 5.74) is 0. The first-order chi connectivity index (χ1) is 9.58. The van der Waals surface area contributed by atoms with Gasteiger partial charge in [-0.2, -0.15) is 0 Å². The number of hydrogen-bond donors (Lipinski definition) is 1. The van der Waals surface area contributed by atoms with Crippen LogP contribution in [0.1, 0.15) is 51.5 Å². The molecule has 0 aliphatic rings. The number of anilines is 1. The van der Waals surface area contributed by atoms with E-state index in [1.807, 2.05) is 0 Å². The number of carbonyl (C=O) groups is 1. The standard InChI is InChI=1S/C14H25N3O2S/c1-4-6-7-8-9-17(10-11(3)13(18)19)14-16-15-12(5-2)20-14/h11H,4-10H2,1-3H3,(H,18,19). The van der Waals surface area contributed by atoms with E-state index in [0.717, 1.165) is 29.5 Å². The molecule has 1 rings (SSSR count). The Balaban J connectivity index is 2.64. The van der Waals surface area contributed by atoms with Gasteiger partial charge in [0.2, 0.25) is 5.13 Å². The lowest BCUT2D eigenvalue weighted by Gasteiger charge is -2.23. The van der Waals surface area contributed by atoms with Crippen LogP contribution in [0.4, 0.5) is 5.13 Å². The van der Waals surface area contributed by atoms with Crippen molar-refractivity contribution in [1.82, 2.24) is 10.2 Å². The molecule has 0 amide bonds. The van der Waals surface area contributed by atoms with Gasteiger partial charge >= 0.3 is 5.97 Å². The third-order valence-corrected chi connectivity index (χ3v) is 4.35. The van der Waals surface area contributed by atoms with E-state index in [1.54, 1.807) is 18.3 Å². The second-order valence-corrected chi connectivity index (χ2v) is 6.12. The lowest BCUT2D eigenvalue weighted by molar-refractivity contribution is -0.140. The van der Waals surface area contributed by atoms with Crippen LogP contribution in [0.5, 0.6) is 0 Å². The molecule has 0 bridgehead atoms. The molecule has 20 heavy (non-hydrogen) atoms. The zero-order valence-corrected chi connectivity index (χ0v) is 13.4. The summed E-state index contributed by atoms with van der Waals surface area (Å²) in [6.07, 6.45) is 5.54. The summed E-state index contributed by atoms with van der Waals surface area (Å²) in [5, 5.41) is 19.3. The molecule has 1 aromatic rings. The Kier molecular flexibility index (Phi) is 7.51. The first-order valence-electron chi connectivity index (χ1n) is 7.38. The summed E-state index contributed by atoms with van der Waals surface area (Å²) in [7, 11) is 0. The van der Waals surface area contributed by atoms with E-state index in [0.29, 0.717) is 6.54 Å². The van der Waals surface area contributed by atoms with Crippen LogP contribution in [0.25, 0.3) is 0 Å². The molecule has 0 aliphatic carbocycles. The van der Waals surface area contributed by atoms with Gasteiger partial charge in [-0.15, -0.1) is 10.2 Å². The van der Waals surface area contributed by atoms with Crippen LogP contribution in [-0.2, 0) is 11.2 Å². The van der Waals surface area contributed by atoms with E-state index >= 15 is 0 Å². The van der Waals surface area contributed by atoms with Crippen molar-refractivity contribution in [3.63, 3.8) is 0 Å². The number of hydrogen-bond acceptors (Lipinski definition) is 5. The predicted molar refractivity (Wildman–Crippen MR) is 82.4 cm³/mol. The van der Waals surface area contributed by atoms with Gasteiger partial charge in [-0.25, -0.2) is 0 Å². The van der Waals surface area contributed by atoms with Crippen molar-refractivity contribution in [2.24, 2.45) is 5.92 Å². The van der Waals surface area contributed by atoms with Crippen molar-refractivity contribution in [2.75, 3.05) is 18.0 Å². The Morgan fingerprint density at radius 1 is 1.30 bits per heavy atom. The van der Waals surface area contributed by atoms with Gasteiger partial charge in [0.1, 0.15) is 5.01 Å². The number of aliphatic carboxylic acids is 1. The van der Waals surface area contributed by atoms with Gasteiger partial charge < -0.3 is 10.0 Å². The second kappa shape index (κ2) is 8.89. The molecular weight excluding hydrogens is 274 g/mol. The van der Waals surface area contributed by atoms with E-state index in [4.69, 9.17) is 5.11 Å². The van der Waals surface area contributed by atoms with Crippen LogP contribution in [0.2, 0.25) is 0 Å². The number of carboxylic acids is 1. The zero-order valence-electron chi connectivity index (χ0n) is 12.6. The summed E-state index contributed by atoms with van der Waals surface area (Å²) in [4.78, 5) is 13.1. The first kappa shape index (κ1) is 16.9. The number of carboxylic acid groups (broad SMARTS) is 1. The van der Waals surface area contributed by atoms with Crippen molar-refractivity contribution in [3.8, 4) is 0 Å². The van der Waals surface area contributed by atoms with Gasteiger partial charge in [0, 0.05) is 13.1 Å². The number of aromatic nitrogens is 2. The summed E-state index contributed by atoms with van der Waals surface area (Å²) in [5.74, 6) is -1.15. The van der Waals surface area contributed by atoms with E-state index in [2.05, 4.69) is 28.9 Å². The number of nitrogens with zero attached hydrogens (tertiary/aromatic N) is 3. The van der Waals surface area contributed by atoms with E-state index in [1.165, 1.54) is 19.3 Å². The van der Waals surface area contributed by atoms with Crippen LogP contribution in [-0.4, -0.2) is 34.4 Å². The average molecular weight is 299 g/mol. The third-order valence-electron chi connectivity index (χ3n) is 3.23. The molecule has 1 unspecified atom stereocenters. The molecule has 1 N–H and O–H groups in total. The molecular formula is C14H25N3O2S. The molecule has 6 heteroatoms. The van der Waals surface area contributed by atoms with Crippen molar-refractivity contribution < 1.29 is 9.90 Å². The summed E-state index contributed by atoms with van der Waals surface area (Å²) >= 11 is 1.57. The third kappa shape index (κ3) is 5.45. The molecule has 0 aromatic carbocycles. The molecule has 114 valence electrons. The molecule has 0 radical (unpaired) electrons. The van der Waals surface area contributed by atoms with Gasteiger partial charge in [-0.3, -0.25) is 4.79 Å². The minimum atomic E-state index is -0.760. The van der Waals surface area contributed by atoms with Crippen molar-refractivity contribution in [2.45, 2.75) is 52.9 Å². The van der Waals surface area contributed by atoms with Gasteiger partial charge in [0.25, 0.3) is 0 Å². The average Bonchev–Trinajstić information content (AvgIpc) is 2.90. The van der Waals surface area contributed by atoms with Gasteiger partial charge in [-0.1, -0.05) is 51.4 Å². The second-order valence-electron chi connectivity index (χ2n) is 5.08. The van der Waals surface area contributed by atoms with Gasteiger partial charge in [0.15, 0.2) is 0 Å². The first-order valence-corrected chi connectivity index (χ1v) is 8.20. The van der Waals surface area contributed by atoms with E-state index in [9.17, 15) is 4.79 Å². The van der Waals surface area contributed by atoms with Crippen LogP contribution >= 0.6 is 11.3 Å². The molecule has 0 fully saturated rings. The maximum absolute atomic E-state index is 11.0. The lowest BCUT2D eigenvalue weighted by atomic mass is 10.1. The van der Waals surface area contributed by atoms with Gasteiger partial charge in [0.05, 0.1) is 5.92 Å². The van der Waals surface area contributed by atoms with Crippen molar-refractivity contribution >= 4 is 22.4 Å². The maximum atomic E-state index is 11.0. The molecule has 0 spiro atoms. The maximum Gasteiger partial charge on any atom is 0.308 e. The fourth-order valence-corrected chi connectivity index (χ4v) is 2.73. The van der Waals surface area contributed by atoms with Crippen molar-refractivity contribution in [1.29, 1.82) is 0 Å². The minimum Gasteiger partial charge on any atom is -0.481 e. The number of aryl methyl sites for hydroxylation is 1. The monoisotopic (exact) mass is 299 g/mol. The van der Waals surface area contributed by atoms with Crippen LogP contribution in [0, 0.1) is 5.92 Å². The fourth-order valence-electron chi connectivity index (χ4n) is 1.92. The zero-order chi connectivity index (χ0) is 15.0. The highest BCUT2D eigenvalue weighted by molar-refractivity contribution is 7.15. The Morgan fingerprint density at radius 2 is 2.05 bits per heavy atom. The topological polar surface area (TPSA) is 66.3 Å². The molecule has 0 saturated heterocycles. The number of rotatable bonds is 10. The minimum absolute atomic E-state index is 0.393. The summed E-state index contributed by atoms with van der Waals surface area (Å²) < 4.78 is 0. The van der Waals surface area contributed by atoms with Crippen LogP contribution in [0.15, 0.2) is 0 Å². The molecule has 1 aromatic heterocycles. The van der Waals surface area contributed by atoms with Gasteiger partial charge in [-0.05, 0) is 12.8 Å². The Morgan fingerprint density at radius 3 is 2.60 bits per heavy atom. The smallest absolute Gasteiger partial charge is 0.308 e. The molecule has 0 saturated carbocycles. The Bertz CT molecular complexity index is 409. The summed E-state index contributed by atoms with van der Waals surface area (Å²) in [6.45, 7) is 7.33. The quantitative estimate of drug-likeness (QED) is 0.672. The van der Waals surface area contributed by atoms with E-state index in [-0.39, 0.29) is 0 Å². The fraction of sp³-hybridized carbons (Fsp3) is 0.786. The highest BCUT2D eigenvalue weighted by Crippen LogP contribution is 2.22. The van der Waals surface area contributed by atoms with Crippen LogP contribution < -0.4 is 4.90 Å². The Hall–Kier alpha value is -1.17. The number of unbranched alkanes of at least 4 members (excludes halogenated alkanes) is 3. The normalized spacial score (nSPS) is 12.3. The lowest BCUT2D eigenvalue weighted by Crippen LogP contribution is -2.32. The van der Waals surface area contributed by atoms with Crippen molar-refractivity contribution in [3.05, 3.63) is 5.01 Å². The molecule has 1 heterocycles. The highest BCUT2D eigenvalue weighted by Gasteiger charge is 2.19. The SMILES string of the molecule is CCCCCCN(CC(C)C(=O)O)c1nnc(CC)s1. The molecule has 0 aliphatic heterocycles. The Labute approximate surface area is 125 Å². The molecule has 5 nitrogen and oxygen atoms in total. The largest absolute Gasteiger partial charge is 0.481 e. The van der Waals surface area contributed by atoms with Crippen LogP contribution in [0.3, 0.4) is 0 Å². The summed E-state index contributed by atoms with van der Waals surface area (Å²) in [6, 6.07) is 0. The molecule has 1 atom stereocenters.